The van der Waals surface area contributed by atoms with E-state index in [0.29, 0.717) is 10.8 Å². The molecule has 1 aliphatic heterocycles. The van der Waals surface area contributed by atoms with E-state index < -0.39 is 0 Å². The van der Waals surface area contributed by atoms with E-state index in [1.807, 2.05) is 48.5 Å². The lowest BCUT2D eigenvalue weighted by Crippen LogP contribution is -2.19. The van der Waals surface area contributed by atoms with Crippen molar-refractivity contribution in [1.29, 1.82) is 0 Å². The van der Waals surface area contributed by atoms with Crippen LogP contribution >= 0.6 is 0 Å². The number of fused-ring (bicyclic) bond motifs is 7. The van der Waals surface area contributed by atoms with E-state index in [2.05, 4.69) is 115 Å². The van der Waals surface area contributed by atoms with Gasteiger partial charge in [0.2, 0.25) is 0 Å². The van der Waals surface area contributed by atoms with Gasteiger partial charge >= 0.3 is 0 Å². The summed E-state index contributed by atoms with van der Waals surface area (Å²) in [7, 11) is 0. The number of hydrogen-bond acceptors (Lipinski definition) is 1. The summed E-state index contributed by atoms with van der Waals surface area (Å²) >= 11 is 0. The minimum Gasteiger partial charge on any atom is -0.485 e. The number of rotatable bonds is 3. The molecule has 1 heterocycles. The summed E-state index contributed by atoms with van der Waals surface area (Å²) in [6.45, 7) is 0. The third kappa shape index (κ3) is 3.90. The van der Waals surface area contributed by atoms with Gasteiger partial charge in [-0.05, 0) is 77.9 Å². The van der Waals surface area contributed by atoms with Gasteiger partial charge in [-0.2, -0.15) is 0 Å². The van der Waals surface area contributed by atoms with Crippen LogP contribution in [0.5, 0.6) is 5.75 Å². The molecule has 48 heavy (non-hydrogen) atoms. The summed E-state index contributed by atoms with van der Waals surface area (Å²) in [5, 5.41) is 8.04. The van der Waals surface area contributed by atoms with E-state index in [1.165, 1.54) is 49.4 Å². The molecule has 2 heteroatoms. The molecule has 0 bridgehead atoms. The molecule has 0 fully saturated rings. The minimum atomic E-state index is -0.175. The van der Waals surface area contributed by atoms with Crippen LogP contribution in [0, 0.1) is 5.82 Å². The number of halogens is 1. The molecule has 2 atom stereocenters. The Labute approximate surface area is 277 Å². The summed E-state index contributed by atoms with van der Waals surface area (Å²) < 4.78 is 22.5. The SMILES string of the molecule is Fc1c2ccccc2c(-c2ccc3c(c2)OC2C=CC=C(c4c5ccccc5c(-c5ccccc5)c5ccccc45)C32)c2ccccc12. The predicted octanol–water partition coefficient (Wildman–Crippen LogP) is 12.3. The van der Waals surface area contributed by atoms with E-state index in [1.54, 1.807) is 0 Å². The van der Waals surface area contributed by atoms with Gasteiger partial charge in [0.05, 0.1) is 5.92 Å². The Balaban J connectivity index is 1.18. The molecule has 226 valence electrons. The summed E-state index contributed by atoms with van der Waals surface area (Å²) in [5.74, 6) is 0.744. The quantitative estimate of drug-likeness (QED) is 0.180. The maximum atomic E-state index is 15.7. The maximum Gasteiger partial charge on any atom is 0.138 e. The zero-order chi connectivity index (χ0) is 31.8. The molecular formula is C46H29FO. The first-order chi connectivity index (χ1) is 23.8. The highest BCUT2D eigenvalue weighted by molar-refractivity contribution is 6.19. The van der Waals surface area contributed by atoms with Gasteiger partial charge in [-0.1, -0.05) is 152 Å². The Morgan fingerprint density at radius 3 is 1.52 bits per heavy atom. The topological polar surface area (TPSA) is 9.23 Å². The summed E-state index contributed by atoms with van der Waals surface area (Å²) in [5.41, 5.74) is 8.24. The predicted molar refractivity (Wildman–Crippen MR) is 198 cm³/mol. The van der Waals surface area contributed by atoms with Gasteiger partial charge in [0, 0.05) is 16.3 Å². The molecule has 0 amide bonds. The van der Waals surface area contributed by atoms with E-state index in [-0.39, 0.29) is 17.8 Å². The molecule has 2 aliphatic rings. The largest absolute Gasteiger partial charge is 0.485 e. The molecule has 1 aliphatic carbocycles. The number of benzene rings is 8. The summed E-state index contributed by atoms with van der Waals surface area (Å²) in [6, 6.07) is 50.5. The molecule has 0 aromatic heterocycles. The Kier molecular flexibility index (Phi) is 5.95. The van der Waals surface area contributed by atoms with Crippen molar-refractivity contribution in [1.82, 2.24) is 0 Å². The molecule has 8 aromatic carbocycles. The lowest BCUT2D eigenvalue weighted by molar-refractivity contribution is 0.272. The average Bonchev–Trinajstić information content (AvgIpc) is 3.53. The number of hydrogen-bond donors (Lipinski definition) is 0. The van der Waals surface area contributed by atoms with Gasteiger partial charge in [-0.15, -0.1) is 0 Å². The Bertz CT molecular complexity index is 2550. The van der Waals surface area contributed by atoms with Gasteiger partial charge in [-0.3, -0.25) is 0 Å². The lowest BCUT2D eigenvalue weighted by Gasteiger charge is -2.26. The van der Waals surface area contributed by atoms with Gasteiger partial charge < -0.3 is 4.74 Å². The average molecular weight is 617 g/mol. The molecular weight excluding hydrogens is 588 g/mol. The zero-order valence-electron chi connectivity index (χ0n) is 26.0. The van der Waals surface area contributed by atoms with Crippen molar-refractivity contribution in [3.05, 3.63) is 181 Å². The molecule has 2 unspecified atom stereocenters. The van der Waals surface area contributed by atoms with E-state index >= 15 is 4.39 Å². The fourth-order valence-electron chi connectivity index (χ4n) is 8.29. The third-order valence-corrected chi connectivity index (χ3v) is 10.3. The Hall–Kier alpha value is -5.99. The monoisotopic (exact) mass is 616 g/mol. The molecule has 1 nitrogen and oxygen atoms in total. The maximum absolute atomic E-state index is 15.7. The highest BCUT2D eigenvalue weighted by Gasteiger charge is 2.38. The van der Waals surface area contributed by atoms with Crippen LogP contribution in [0.2, 0.25) is 0 Å². The number of allylic oxidation sites excluding steroid dienone is 2. The van der Waals surface area contributed by atoms with E-state index in [4.69, 9.17) is 4.74 Å². The van der Waals surface area contributed by atoms with Crippen LogP contribution in [-0.4, -0.2) is 6.10 Å². The molecule has 0 radical (unpaired) electrons. The van der Waals surface area contributed by atoms with Crippen molar-refractivity contribution in [2.24, 2.45) is 0 Å². The normalized spacial score (nSPS) is 16.6. The Morgan fingerprint density at radius 2 is 0.938 bits per heavy atom. The van der Waals surface area contributed by atoms with Crippen molar-refractivity contribution in [3.8, 4) is 28.0 Å². The second kappa shape index (κ2) is 10.5. The zero-order valence-corrected chi connectivity index (χ0v) is 26.0. The summed E-state index contributed by atoms with van der Waals surface area (Å²) in [4.78, 5) is 0. The van der Waals surface area contributed by atoms with Gasteiger partial charge in [0.15, 0.2) is 0 Å². The molecule has 8 aromatic rings. The van der Waals surface area contributed by atoms with Crippen LogP contribution in [0.1, 0.15) is 17.0 Å². The molecule has 10 rings (SSSR count). The van der Waals surface area contributed by atoms with Crippen molar-refractivity contribution in [2.75, 3.05) is 0 Å². The molecule has 0 N–H and O–H groups in total. The first-order valence-electron chi connectivity index (χ1n) is 16.5. The van der Waals surface area contributed by atoms with Crippen LogP contribution in [0.3, 0.4) is 0 Å². The third-order valence-electron chi connectivity index (χ3n) is 10.3. The molecule has 0 spiro atoms. The van der Waals surface area contributed by atoms with Crippen LogP contribution in [0.25, 0.3) is 70.9 Å². The van der Waals surface area contributed by atoms with Gasteiger partial charge in [0.1, 0.15) is 17.7 Å². The second-order valence-corrected chi connectivity index (χ2v) is 12.8. The standard InChI is InChI=1S/C46H29FO/c47-46-36-21-10-8-19-34(36)43(35-20-9-11-22-37(35)46)29-25-26-38-41(27-29)48-40-24-12-23-39(45(38)40)44-32-17-6-4-15-30(32)42(28-13-2-1-3-14-28)31-16-5-7-18-33(31)44/h1-27,40,45H. The fraction of sp³-hybridized carbons (Fsp3) is 0.0435. The van der Waals surface area contributed by atoms with E-state index in [9.17, 15) is 0 Å². The fourth-order valence-corrected chi connectivity index (χ4v) is 8.29. The second-order valence-electron chi connectivity index (χ2n) is 12.8. The first kappa shape index (κ1) is 27.2. The van der Waals surface area contributed by atoms with Crippen LogP contribution in [0.15, 0.2) is 164 Å². The van der Waals surface area contributed by atoms with Crippen LogP contribution < -0.4 is 4.74 Å². The first-order valence-corrected chi connectivity index (χ1v) is 16.5. The van der Waals surface area contributed by atoms with Crippen LogP contribution in [0.4, 0.5) is 4.39 Å². The lowest BCUT2D eigenvalue weighted by atomic mass is 9.77. The molecule has 0 saturated heterocycles. The smallest absolute Gasteiger partial charge is 0.138 e. The van der Waals surface area contributed by atoms with Crippen molar-refractivity contribution < 1.29 is 9.13 Å². The van der Waals surface area contributed by atoms with Gasteiger partial charge in [-0.25, -0.2) is 4.39 Å². The van der Waals surface area contributed by atoms with Gasteiger partial charge in [0.25, 0.3) is 0 Å². The van der Waals surface area contributed by atoms with E-state index in [0.717, 1.165) is 27.6 Å². The van der Waals surface area contributed by atoms with Crippen molar-refractivity contribution in [3.63, 3.8) is 0 Å². The van der Waals surface area contributed by atoms with Crippen molar-refractivity contribution >= 4 is 48.7 Å². The Morgan fingerprint density at radius 1 is 0.458 bits per heavy atom. The van der Waals surface area contributed by atoms with Crippen LogP contribution in [-0.2, 0) is 0 Å². The minimum absolute atomic E-state index is 0.0372. The number of ether oxygens (including phenoxy) is 1. The highest BCUT2D eigenvalue weighted by atomic mass is 19.1. The molecule has 0 saturated carbocycles. The summed E-state index contributed by atoms with van der Waals surface area (Å²) in [6.07, 6.45) is 6.49. The highest BCUT2D eigenvalue weighted by Crippen LogP contribution is 2.53. The van der Waals surface area contributed by atoms with Crippen molar-refractivity contribution in [2.45, 2.75) is 12.0 Å².